The van der Waals surface area contributed by atoms with Gasteiger partial charge in [-0.15, -0.1) is 0 Å². The number of anilines is 1. The molecule has 1 saturated heterocycles. The fraction of sp³-hybridized carbons (Fsp3) is 0.222. The summed E-state index contributed by atoms with van der Waals surface area (Å²) in [5.74, 6) is 0.129. The monoisotopic (exact) mass is 310 g/mol. The minimum absolute atomic E-state index is 0.128. The second-order valence-electron chi connectivity index (χ2n) is 5.31. The molecular weight excluding hydrogens is 292 g/mol. The van der Waals surface area contributed by atoms with Gasteiger partial charge in [0, 0.05) is 12.2 Å². The zero-order chi connectivity index (χ0) is 16.2. The molecule has 0 radical (unpaired) electrons. The molecule has 23 heavy (non-hydrogen) atoms. The number of para-hydroxylation sites is 2. The molecule has 2 amide bonds. The number of methoxy groups -OCH3 is 1. The second kappa shape index (κ2) is 6.52. The first-order valence-corrected chi connectivity index (χ1v) is 7.51. The van der Waals surface area contributed by atoms with Gasteiger partial charge in [-0.05, 0) is 30.7 Å². The van der Waals surface area contributed by atoms with Crippen LogP contribution in [-0.2, 0) is 4.79 Å². The van der Waals surface area contributed by atoms with Gasteiger partial charge >= 0.3 is 0 Å². The number of hydrogen-bond acceptors (Lipinski definition) is 3. The summed E-state index contributed by atoms with van der Waals surface area (Å²) in [4.78, 5) is 26.8. The highest BCUT2D eigenvalue weighted by molar-refractivity contribution is 6.11. The Balaban J connectivity index is 2.04. The number of ether oxygens (including phenoxy) is 1. The normalized spacial score (nSPS) is 16.7. The molecule has 1 aliphatic heterocycles. The molecule has 0 aromatic heterocycles. The van der Waals surface area contributed by atoms with Crippen LogP contribution in [0.25, 0.3) is 0 Å². The average Bonchev–Trinajstić information content (AvgIpc) is 3.02. The number of carbonyl (C=O) groups is 2. The Morgan fingerprint density at radius 1 is 1.13 bits per heavy atom. The lowest BCUT2D eigenvalue weighted by Gasteiger charge is -2.28. The van der Waals surface area contributed by atoms with Gasteiger partial charge in [0.1, 0.15) is 11.8 Å². The molecule has 118 valence electrons. The molecule has 1 heterocycles. The Kier molecular flexibility index (Phi) is 4.28. The molecule has 5 heteroatoms. The summed E-state index contributed by atoms with van der Waals surface area (Å²) >= 11 is 0. The molecule has 2 aromatic rings. The van der Waals surface area contributed by atoms with Crippen LogP contribution in [0.15, 0.2) is 54.6 Å². The minimum atomic E-state index is -0.505. The van der Waals surface area contributed by atoms with Crippen LogP contribution in [0, 0.1) is 0 Å². The molecule has 1 aliphatic rings. The third kappa shape index (κ3) is 2.90. The summed E-state index contributed by atoms with van der Waals surface area (Å²) in [6.45, 7) is 0.575. The summed E-state index contributed by atoms with van der Waals surface area (Å²) in [6, 6.07) is 15.8. The molecule has 0 bridgehead atoms. The Bertz CT molecular complexity index is 715. The van der Waals surface area contributed by atoms with Gasteiger partial charge in [-0.2, -0.15) is 0 Å². The lowest BCUT2D eigenvalue weighted by Crippen LogP contribution is -2.45. The topological polar surface area (TPSA) is 58.6 Å². The molecule has 1 fully saturated rings. The Morgan fingerprint density at radius 2 is 1.83 bits per heavy atom. The number of nitrogens with zero attached hydrogens (tertiary/aromatic N) is 1. The minimum Gasteiger partial charge on any atom is -0.496 e. The van der Waals surface area contributed by atoms with Crippen LogP contribution in [0.3, 0.4) is 0 Å². The number of nitrogens with one attached hydrogen (secondary N) is 1. The van der Waals surface area contributed by atoms with Crippen LogP contribution in [0.4, 0.5) is 5.69 Å². The van der Waals surface area contributed by atoms with Crippen molar-refractivity contribution < 1.29 is 14.3 Å². The van der Waals surface area contributed by atoms with Gasteiger partial charge < -0.3 is 10.1 Å². The molecule has 1 atom stereocenters. The predicted octanol–water partition coefficient (Wildman–Crippen LogP) is 2.23. The van der Waals surface area contributed by atoms with Crippen molar-refractivity contribution in [2.45, 2.75) is 12.5 Å². The van der Waals surface area contributed by atoms with Crippen LogP contribution >= 0.6 is 0 Å². The highest BCUT2D eigenvalue weighted by Gasteiger charge is 2.35. The Labute approximate surface area is 134 Å². The second-order valence-corrected chi connectivity index (χ2v) is 5.31. The SMILES string of the molecule is COc1ccccc1C(=O)N(c1ccccc1)C1CCNC1=O. The maximum Gasteiger partial charge on any atom is 0.262 e. The van der Waals surface area contributed by atoms with Crippen molar-refractivity contribution in [2.24, 2.45) is 0 Å². The quantitative estimate of drug-likeness (QED) is 0.942. The van der Waals surface area contributed by atoms with Crippen LogP contribution in [0.5, 0.6) is 5.75 Å². The molecule has 0 spiro atoms. The third-order valence-corrected chi connectivity index (χ3v) is 3.92. The highest BCUT2D eigenvalue weighted by Crippen LogP contribution is 2.27. The van der Waals surface area contributed by atoms with Crippen molar-refractivity contribution >= 4 is 17.5 Å². The van der Waals surface area contributed by atoms with Gasteiger partial charge in [0.05, 0.1) is 12.7 Å². The summed E-state index contributed by atoms with van der Waals surface area (Å²) in [5, 5.41) is 2.79. The van der Waals surface area contributed by atoms with E-state index in [1.54, 1.807) is 23.1 Å². The number of benzene rings is 2. The van der Waals surface area contributed by atoms with Gasteiger partial charge in [0.25, 0.3) is 5.91 Å². The molecule has 3 rings (SSSR count). The van der Waals surface area contributed by atoms with E-state index in [2.05, 4.69) is 5.32 Å². The number of hydrogen-bond donors (Lipinski definition) is 1. The molecule has 0 aliphatic carbocycles. The van der Waals surface area contributed by atoms with Crippen LogP contribution in [0.1, 0.15) is 16.8 Å². The first-order chi connectivity index (χ1) is 11.2. The maximum atomic E-state index is 13.1. The fourth-order valence-electron chi connectivity index (χ4n) is 2.81. The van der Waals surface area contributed by atoms with Gasteiger partial charge in [0.2, 0.25) is 5.91 Å². The summed E-state index contributed by atoms with van der Waals surface area (Å²) in [6.07, 6.45) is 0.592. The highest BCUT2D eigenvalue weighted by atomic mass is 16.5. The lowest BCUT2D eigenvalue weighted by atomic mass is 10.1. The van der Waals surface area contributed by atoms with Gasteiger partial charge in [-0.3, -0.25) is 14.5 Å². The first-order valence-electron chi connectivity index (χ1n) is 7.51. The van der Waals surface area contributed by atoms with Crippen molar-refractivity contribution in [3.8, 4) is 5.75 Å². The van der Waals surface area contributed by atoms with E-state index in [-0.39, 0.29) is 11.8 Å². The Hall–Kier alpha value is -2.82. The third-order valence-electron chi connectivity index (χ3n) is 3.92. The van der Waals surface area contributed by atoms with E-state index in [1.807, 2.05) is 36.4 Å². The van der Waals surface area contributed by atoms with Crippen LogP contribution in [-0.4, -0.2) is 31.5 Å². The zero-order valence-corrected chi connectivity index (χ0v) is 12.9. The molecule has 1 unspecified atom stereocenters. The standard InChI is InChI=1S/C18H18N2O3/c1-23-16-10-6-5-9-14(16)18(22)20(13-7-3-2-4-8-13)15-11-12-19-17(15)21/h2-10,15H,11-12H2,1H3,(H,19,21). The van der Waals surface area contributed by atoms with E-state index in [0.29, 0.717) is 30.0 Å². The van der Waals surface area contributed by atoms with Crippen molar-refractivity contribution in [3.05, 3.63) is 60.2 Å². The van der Waals surface area contributed by atoms with E-state index in [4.69, 9.17) is 4.74 Å². The average molecular weight is 310 g/mol. The van der Waals surface area contributed by atoms with Crippen molar-refractivity contribution in [1.29, 1.82) is 0 Å². The van der Waals surface area contributed by atoms with Gasteiger partial charge in [-0.1, -0.05) is 30.3 Å². The van der Waals surface area contributed by atoms with Gasteiger partial charge in [-0.25, -0.2) is 0 Å². The molecular formula is C18H18N2O3. The van der Waals surface area contributed by atoms with E-state index in [1.165, 1.54) is 7.11 Å². The number of amides is 2. The maximum absolute atomic E-state index is 13.1. The van der Waals surface area contributed by atoms with Crippen molar-refractivity contribution in [2.75, 3.05) is 18.6 Å². The number of rotatable bonds is 4. The molecule has 0 saturated carbocycles. The number of carbonyl (C=O) groups excluding carboxylic acids is 2. The van der Waals surface area contributed by atoms with Crippen molar-refractivity contribution in [3.63, 3.8) is 0 Å². The summed E-state index contributed by atoms with van der Waals surface area (Å²) in [5.41, 5.74) is 1.14. The predicted molar refractivity (Wildman–Crippen MR) is 87.7 cm³/mol. The molecule has 2 aromatic carbocycles. The molecule has 1 N–H and O–H groups in total. The van der Waals surface area contributed by atoms with E-state index >= 15 is 0 Å². The van der Waals surface area contributed by atoms with E-state index < -0.39 is 6.04 Å². The van der Waals surface area contributed by atoms with Crippen molar-refractivity contribution in [1.82, 2.24) is 5.32 Å². The zero-order valence-electron chi connectivity index (χ0n) is 12.9. The smallest absolute Gasteiger partial charge is 0.262 e. The van der Waals surface area contributed by atoms with Crippen LogP contribution < -0.4 is 15.0 Å². The summed E-state index contributed by atoms with van der Waals surface area (Å²) in [7, 11) is 1.53. The fourth-order valence-corrected chi connectivity index (χ4v) is 2.81. The Morgan fingerprint density at radius 3 is 2.48 bits per heavy atom. The molecule has 5 nitrogen and oxygen atoms in total. The summed E-state index contributed by atoms with van der Waals surface area (Å²) < 4.78 is 5.29. The largest absolute Gasteiger partial charge is 0.496 e. The first kappa shape index (κ1) is 15.1. The lowest BCUT2D eigenvalue weighted by molar-refractivity contribution is -0.120. The van der Waals surface area contributed by atoms with E-state index in [9.17, 15) is 9.59 Å². The van der Waals surface area contributed by atoms with E-state index in [0.717, 1.165) is 0 Å². The van der Waals surface area contributed by atoms with Gasteiger partial charge in [0.15, 0.2) is 0 Å². The van der Waals surface area contributed by atoms with Crippen LogP contribution in [0.2, 0.25) is 0 Å².